The number of carbonyl (C=O) groups is 1. The molecule has 6 nitrogen and oxygen atoms in total. The van der Waals surface area contributed by atoms with Crippen molar-refractivity contribution in [3.8, 4) is 0 Å². The zero-order chi connectivity index (χ0) is 22.1. The van der Waals surface area contributed by atoms with E-state index in [0.29, 0.717) is 34.7 Å². The lowest BCUT2D eigenvalue weighted by Gasteiger charge is -2.23. The Bertz CT molecular complexity index is 1040. The molecule has 1 aromatic carbocycles. The lowest BCUT2D eigenvalue weighted by molar-refractivity contribution is -0.126. The third-order valence-electron chi connectivity index (χ3n) is 5.46. The van der Waals surface area contributed by atoms with Gasteiger partial charge in [-0.05, 0) is 65.0 Å². The molecule has 0 bridgehead atoms. The Labute approximate surface area is 177 Å². The van der Waals surface area contributed by atoms with Gasteiger partial charge in [0, 0.05) is 23.7 Å². The predicted molar refractivity (Wildman–Crippen MR) is 119 cm³/mol. The Morgan fingerprint density at radius 1 is 1.40 bits per heavy atom. The second kappa shape index (κ2) is 8.42. The van der Waals surface area contributed by atoms with E-state index in [-0.39, 0.29) is 23.8 Å². The maximum absolute atomic E-state index is 13.4. The summed E-state index contributed by atoms with van der Waals surface area (Å²) in [6.45, 7) is 12.0. The molecule has 30 heavy (non-hydrogen) atoms. The van der Waals surface area contributed by atoms with E-state index in [4.69, 9.17) is 0 Å². The van der Waals surface area contributed by atoms with Crippen LogP contribution in [0.25, 0.3) is 11.0 Å². The SMILES string of the molecule is C=N/C(NC1(C)CC1)=C(\CC)C(C(=O)N(C)Cc1nc2ccc(F)cc2[nH]1)=C(C)C. The number of hydrogen-bond donors (Lipinski definition) is 2. The highest BCUT2D eigenvalue weighted by Gasteiger charge is 2.38. The zero-order valence-electron chi connectivity index (χ0n) is 18.4. The van der Waals surface area contributed by atoms with Crippen LogP contribution in [0.1, 0.15) is 52.8 Å². The van der Waals surface area contributed by atoms with Crippen LogP contribution in [0.15, 0.2) is 45.7 Å². The maximum atomic E-state index is 13.4. The topological polar surface area (TPSA) is 73.4 Å². The van der Waals surface area contributed by atoms with Gasteiger partial charge in [-0.3, -0.25) is 4.79 Å². The number of aliphatic imine (C=N–C) groups is 1. The van der Waals surface area contributed by atoms with Gasteiger partial charge in [0.2, 0.25) is 0 Å². The second-order valence-electron chi connectivity index (χ2n) is 8.41. The molecule has 0 atom stereocenters. The highest BCUT2D eigenvalue weighted by Crippen LogP contribution is 2.37. The van der Waals surface area contributed by atoms with Crippen molar-refractivity contribution in [1.82, 2.24) is 20.2 Å². The summed E-state index contributed by atoms with van der Waals surface area (Å²) in [7, 11) is 1.74. The molecule has 0 spiro atoms. The quantitative estimate of drug-likeness (QED) is 0.383. The van der Waals surface area contributed by atoms with Crippen molar-refractivity contribution in [3.63, 3.8) is 0 Å². The molecule has 1 saturated carbocycles. The van der Waals surface area contributed by atoms with Crippen LogP contribution >= 0.6 is 0 Å². The first kappa shape index (κ1) is 21.7. The van der Waals surface area contributed by atoms with Crippen LogP contribution in [-0.4, -0.2) is 40.1 Å². The van der Waals surface area contributed by atoms with Crippen LogP contribution in [0.5, 0.6) is 0 Å². The average molecular weight is 412 g/mol. The van der Waals surface area contributed by atoms with Crippen LogP contribution in [0.3, 0.4) is 0 Å². The van der Waals surface area contributed by atoms with Crippen LogP contribution in [0.4, 0.5) is 4.39 Å². The van der Waals surface area contributed by atoms with Gasteiger partial charge < -0.3 is 15.2 Å². The van der Waals surface area contributed by atoms with E-state index < -0.39 is 0 Å². The number of rotatable bonds is 8. The molecule has 3 rings (SSSR count). The molecule has 0 unspecified atom stereocenters. The molecule has 2 N–H and O–H groups in total. The van der Waals surface area contributed by atoms with Gasteiger partial charge in [0.25, 0.3) is 5.91 Å². The van der Waals surface area contributed by atoms with Gasteiger partial charge in [0.15, 0.2) is 0 Å². The van der Waals surface area contributed by atoms with E-state index in [1.165, 1.54) is 12.1 Å². The fourth-order valence-corrected chi connectivity index (χ4v) is 3.51. The van der Waals surface area contributed by atoms with Crippen molar-refractivity contribution < 1.29 is 9.18 Å². The fraction of sp³-hybridized carbons (Fsp3) is 0.435. The van der Waals surface area contributed by atoms with Crippen LogP contribution in [-0.2, 0) is 11.3 Å². The first-order valence-electron chi connectivity index (χ1n) is 10.2. The van der Waals surface area contributed by atoms with E-state index >= 15 is 0 Å². The number of imidazole rings is 1. The molecule has 1 aromatic heterocycles. The van der Waals surface area contributed by atoms with Gasteiger partial charge in [0.1, 0.15) is 17.5 Å². The Kier molecular flexibility index (Phi) is 6.10. The Balaban J connectivity index is 1.88. The van der Waals surface area contributed by atoms with Gasteiger partial charge in [-0.25, -0.2) is 14.4 Å². The lowest BCUT2D eigenvalue weighted by atomic mass is 9.97. The smallest absolute Gasteiger partial charge is 0.254 e. The van der Waals surface area contributed by atoms with Crippen molar-refractivity contribution >= 4 is 23.7 Å². The summed E-state index contributed by atoms with van der Waals surface area (Å²) >= 11 is 0. The first-order valence-corrected chi connectivity index (χ1v) is 10.2. The van der Waals surface area contributed by atoms with E-state index in [1.807, 2.05) is 20.8 Å². The molecule has 2 aromatic rings. The third-order valence-corrected chi connectivity index (χ3v) is 5.46. The minimum Gasteiger partial charge on any atom is -0.365 e. The molecule has 1 fully saturated rings. The van der Waals surface area contributed by atoms with Crippen molar-refractivity contribution in [2.75, 3.05) is 7.05 Å². The van der Waals surface area contributed by atoms with Crippen LogP contribution in [0, 0.1) is 5.82 Å². The molecule has 160 valence electrons. The average Bonchev–Trinajstić information content (AvgIpc) is 3.28. The number of nitrogens with one attached hydrogen (secondary N) is 2. The highest BCUT2D eigenvalue weighted by molar-refractivity contribution is 5.98. The largest absolute Gasteiger partial charge is 0.365 e. The van der Waals surface area contributed by atoms with E-state index in [2.05, 4.69) is 33.9 Å². The Morgan fingerprint density at radius 3 is 2.67 bits per heavy atom. The number of likely N-dealkylation sites (N-methyl/N-ethyl adjacent to an activating group) is 1. The second-order valence-corrected chi connectivity index (χ2v) is 8.41. The van der Waals surface area contributed by atoms with Crippen molar-refractivity contribution in [2.45, 2.75) is 59.0 Å². The lowest BCUT2D eigenvalue weighted by Crippen LogP contribution is -2.32. The molecule has 1 heterocycles. The number of halogens is 1. The van der Waals surface area contributed by atoms with Gasteiger partial charge >= 0.3 is 0 Å². The standard InChI is InChI=1S/C23H30FN5O/c1-7-16(21(25-5)28-23(4)10-11-23)20(14(2)3)22(30)29(6)13-19-26-17-9-8-15(24)12-18(17)27-19/h8-9,12,28H,5,7,10-11,13H2,1-4,6H3,(H,26,27)/b21-16-. The van der Waals surface area contributed by atoms with Crippen molar-refractivity contribution in [3.05, 3.63) is 52.4 Å². The number of aromatic nitrogens is 2. The number of hydrogen-bond acceptors (Lipinski definition) is 4. The molecule has 0 radical (unpaired) electrons. The Hall–Kier alpha value is -2.96. The van der Waals surface area contributed by atoms with E-state index in [9.17, 15) is 9.18 Å². The summed E-state index contributed by atoms with van der Waals surface area (Å²) in [5, 5.41) is 3.46. The summed E-state index contributed by atoms with van der Waals surface area (Å²) in [4.78, 5) is 26.8. The Morgan fingerprint density at radius 2 is 2.10 bits per heavy atom. The summed E-state index contributed by atoms with van der Waals surface area (Å²) in [6, 6.07) is 4.40. The third kappa shape index (κ3) is 4.61. The molecular weight excluding hydrogens is 381 g/mol. The fourth-order valence-electron chi connectivity index (χ4n) is 3.51. The number of fused-ring (bicyclic) bond motifs is 1. The molecule has 0 saturated heterocycles. The molecular formula is C23H30FN5O. The molecule has 1 aliphatic rings. The predicted octanol–water partition coefficient (Wildman–Crippen LogP) is 4.46. The maximum Gasteiger partial charge on any atom is 0.254 e. The monoisotopic (exact) mass is 411 g/mol. The van der Waals surface area contributed by atoms with Gasteiger partial charge in [-0.15, -0.1) is 0 Å². The van der Waals surface area contributed by atoms with Gasteiger partial charge in [0.05, 0.1) is 17.6 Å². The number of amides is 1. The van der Waals surface area contributed by atoms with Crippen molar-refractivity contribution in [2.24, 2.45) is 4.99 Å². The zero-order valence-corrected chi connectivity index (χ0v) is 18.4. The minimum absolute atomic E-state index is 0.0300. The van der Waals surface area contributed by atoms with Crippen LogP contribution < -0.4 is 5.32 Å². The molecule has 7 heteroatoms. The van der Waals surface area contributed by atoms with Crippen molar-refractivity contribution in [1.29, 1.82) is 0 Å². The molecule has 0 aliphatic heterocycles. The van der Waals surface area contributed by atoms with E-state index in [1.54, 1.807) is 18.0 Å². The number of carbonyl (C=O) groups excluding carboxylic acids is 1. The minimum atomic E-state index is -0.326. The molecule has 1 amide bonds. The van der Waals surface area contributed by atoms with Gasteiger partial charge in [-0.1, -0.05) is 12.5 Å². The number of aromatic amines is 1. The first-order chi connectivity index (χ1) is 14.2. The summed E-state index contributed by atoms with van der Waals surface area (Å²) < 4.78 is 13.4. The highest BCUT2D eigenvalue weighted by atomic mass is 19.1. The number of nitrogens with zero attached hydrogens (tertiary/aromatic N) is 3. The molecule has 1 aliphatic carbocycles. The summed E-state index contributed by atoms with van der Waals surface area (Å²) in [5.74, 6) is 0.845. The summed E-state index contributed by atoms with van der Waals surface area (Å²) in [6.07, 6.45) is 2.81. The summed E-state index contributed by atoms with van der Waals surface area (Å²) in [5.41, 5.74) is 3.73. The van der Waals surface area contributed by atoms with Gasteiger partial charge in [-0.2, -0.15) is 0 Å². The van der Waals surface area contributed by atoms with Crippen LogP contribution in [0.2, 0.25) is 0 Å². The normalized spacial score (nSPS) is 15.4. The number of allylic oxidation sites excluding steroid dienone is 1. The number of benzene rings is 1. The van der Waals surface area contributed by atoms with E-state index in [0.717, 1.165) is 24.0 Å². The number of H-pyrrole nitrogens is 1.